The number of hydrogen-bond acceptors (Lipinski definition) is 8. The maximum atomic E-state index is 15.6. The van der Waals surface area contributed by atoms with Crippen LogP contribution in [-0.4, -0.2) is 55.1 Å². The Morgan fingerprint density at radius 3 is 2.44 bits per heavy atom. The lowest BCUT2D eigenvalue weighted by Crippen LogP contribution is -2.47. The molecule has 1 aromatic carbocycles. The summed E-state index contributed by atoms with van der Waals surface area (Å²) in [6.45, 7) is 0.149. The van der Waals surface area contributed by atoms with E-state index in [2.05, 4.69) is 19.9 Å². The van der Waals surface area contributed by atoms with Crippen LogP contribution in [-0.2, 0) is 17.5 Å². The molecule has 10 nitrogen and oxygen atoms in total. The van der Waals surface area contributed by atoms with E-state index in [0.29, 0.717) is 47.2 Å². The number of benzene rings is 1. The van der Waals surface area contributed by atoms with E-state index >= 15 is 4.39 Å². The molecule has 4 aliphatic rings. The molecule has 3 aromatic heterocycles. The zero-order chi connectivity index (χ0) is 31.0. The summed E-state index contributed by atoms with van der Waals surface area (Å²) in [6, 6.07) is 4.34. The summed E-state index contributed by atoms with van der Waals surface area (Å²) in [7, 11) is 1.53. The van der Waals surface area contributed by atoms with Crippen molar-refractivity contribution in [1.29, 1.82) is 0 Å². The van der Waals surface area contributed by atoms with Crippen molar-refractivity contribution < 1.29 is 27.1 Å². The first-order valence-electron chi connectivity index (χ1n) is 15.0. The van der Waals surface area contributed by atoms with E-state index in [9.17, 15) is 18.0 Å². The van der Waals surface area contributed by atoms with Crippen molar-refractivity contribution in [3.63, 3.8) is 0 Å². The molecule has 3 fully saturated rings. The van der Waals surface area contributed by atoms with Crippen LogP contribution in [0.3, 0.4) is 0 Å². The average molecular weight is 621 g/mol. The number of carbonyl (C=O) groups excluding carboxylic acids is 1. The number of aromatic nitrogens is 6. The number of halogens is 4. The molecule has 4 heterocycles. The maximum absolute atomic E-state index is 15.6. The Bertz CT molecular complexity index is 1830. The van der Waals surface area contributed by atoms with Crippen LogP contribution in [0.2, 0.25) is 0 Å². The number of alkyl halides is 3. The summed E-state index contributed by atoms with van der Waals surface area (Å²) in [6.07, 6.45) is 4.63. The number of amides is 1. The first-order chi connectivity index (χ1) is 21.7. The minimum Gasteiger partial charge on any atom is -0.480 e. The van der Waals surface area contributed by atoms with Crippen molar-refractivity contribution >= 4 is 17.4 Å². The quantitative estimate of drug-likeness (QED) is 0.232. The monoisotopic (exact) mass is 620 g/mol. The van der Waals surface area contributed by atoms with Gasteiger partial charge in [-0.25, -0.2) is 29.3 Å². The van der Waals surface area contributed by atoms with Crippen molar-refractivity contribution in [2.75, 3.05) is 23.5 Å². The van der Waals surface area contributed by atoms with E-state index in [-0.39, 0.29) is 48.4 Å². The van der Waals surface area contributed by atoms with E-state index in [0.717, 1.165) is 37.6 Å². The maximum Gasteiger partial charge on any atom is 0.434 e. The van der Waals surface area contributed by atoms with Gasteiger partial charge in [0, 0.05) is 30.7 Å². The van der Waals surface area contributed by atoms with Crippen LogP contribution in [0, 0.1) is 5.82 Å². The number of ether oxygens (including phenoxy) is 1. The largest absolute Gasteiger partial charge is 0.480 e. The van der Waals surface area contributed by atoms with Gasteiger partial charge in [-0.1, -0.05) is 6.07 Å². The summed E-state index contributed by atoms with van der Waals surface area (Å²) < 4.78 is 63.0. The molecule has 45 heavy (non-hydrogen) atoms. The molecular weight excluding hydrogens is 592 g/mol. The van der Waals surface area contributed by atoms with Crippen LogP contribution in [0.4, 0.5) is 29.1 Å². The molecule has 232 valence electrons. The second-order valence-corrected chi connectivity index (χ2v) is 12.1. The predicted octanol–water partition coefficient (Wildman–Crippen LogP) is 5.69. The van der Waals surface area contributed by atoms with Gasteiger partial charge in [-0.3, -0.25) is 4.79 Å². The lowest BCUT2D eigenvalue weighted by atomic mass is 10.1. The third-order valence-corrected chi connectivity index (χ3v) is 8.65. The molecule has 4 aromatic rings. The van der Waals surface area contributed by atoms with Crippen LogP contribution < -0.4 is 14.5 Å². The normalized spacial score (nSPS) is 18.4. The number of hydrogen-bond donors (Lipinski definition) is 0. The lowest BCUT2D eigenvalue weighted by Gasteiger charge is -2.36. The SMILES string of the molecule is COc1ncnc(C2CC2)c1-c1ncc2c(n1)N(Cc1ccc(-c3nc(C(F)(F)F)cn3C3CC3)c(F)c1)CC(=O)N2C1CC1. The minimum absolute atomic E-state index is 0.00966. The van der Waals surface area contributed by atoms with Gasteiger partial charge in [0.1, 0.15) is 29.2 Å². The fourth-order valence-electron chi connectivity index (χ4n) is 6.03. The third-order valence-electron chi connectivity index (χ3n) is 8.65. The van der Waals surface area contributed by atoms with Crippen molar-refractivity contribution in [2.45, 2.75) is 69.2 Å². The van der Waals surface area contributed by atoms with Crippen molar-refractivity contribution in [1.82, 2.24) is 29.5 Å². The summed E-state index contributed by atoms with van der Waals surface area (Å²) >= 11 is 0. The Morgan fingerprint density at radius 2 is 1.78 bits per heavy atom. The predicted molar refractivity (Wildman–Crippen MR) is 154 cm³/mol. The molecule has 0 spiro atoms. The molecule has 0 bridgehead atoms. The molecule has 3 saturated carbocycles. The van der Waals surface area contributed by atoms with E-state index < -0.39 is 17.7 Å². The van der Waals surface area contributed by atoms with Gasteiger partial charge >= 0.3 is 6.18 Å². The highest BCUT2D eigenvalue weighted by Gasteiger charge is 2.41. The molecule has 14 heteroatoms. The van der Waals surface area contributed by atoms with E-state index in [1.807, 2.05) is 0 Å². The number of carbonyl (C=O) groups is 1. The van der Waals surface area contributed by atoms with Gasteiger partial charge in [0.15, 0.2) is 17.3 Å². The Hall–Kier alpha value is -4.62. The van der Waals surface area contributed by atoms with Gasteiger partial charge in [-0.05, 0) is 56.2 Å². The summed E-state index contributed by atoms with van der Waals surface area (Å²) in [5, 5.41) is 0. The van der Waals surface area contributed by atoms with Crippen molar-refractivity contribution in [3.05, 3.63) is 59.7 Å². The Kier molecular flexibility index (Phi) is 6.33. The second kappa shape index (κ2) is 10.2. The lowest BCUT2D eigenvalue weighted by molar-refractivity contribution is -0.140. The average Bonchev–Trinajstić information content (AvgIpc) is 3.87. The van der Waals surface area contributed by atoms with Crippen LogP contribution in [0.25, 0.3) is 22.8 Å². The van der Waals surface area contributed by atoms with E-state index in [1.165, 1.54) is 30.1 Å². The van der Waals surface area contributed by atoms with Crippen LogP contribution in [0.15, 0.2) is 36.9 Å². The zero-order valence-electron chi connectivity index (χ0n) is 24.3. The molecule has 0 atom stereocenters. The number of fused-ring (bicyclic) bond motifs is 1. The number of imidazole rings is 1. The number of nitrogens with zero attached hydrogens (tertiary/aromatic N) is 8. The van der Waals surface area contributed by atoms with E-state index in [1.54, 1.807) is 22.1 Å². The highest BCUT2D eigenvalue weighted by Crippen LogP contribution is 2.47. The molecule has 0 unspecified atom stereocenters. The second-order valence-electron chi connectivity index (χ2n) is 12.1. The first kappa shape index (κ1) is 27.9. The van der Waals surface area contributed by atoms with Crippen molar-refractivity contribution in [2.24, 2.45) is 0 Å². The molecule has 0 N–H and O–H groups in total. The van der Waals surface area contributed by atoms with Crippen molar-refractivity contribution in [3.8, 4) is 28.7 Å². The smallest absolute Gasteiger partial charge is 0.434 e. The van der Waals surface area contributed by atoms with Gasteiger partial charge in [0.25, 0.3) is 0 Å². The molecule has 0 saturated heterocycles. The van der Waals surface area contributed by atoms with Gasteiger partial charge in [-0.15, -0.1) is 0 Å². The summed E-state index contributed by atoms with van der Waals surface area (Å²) in [5.41, 5.74) is 1.47. The minimum atomic E-state index is -4.64. The fourth-order valence-corrected chi connectivity index (χ4v) is 6.03. The Labute approximate surface area is 255 Å². The summed E-state index contributed by atoms with van der Waals surface area (Å²) in [4.78, 5) is 39.0. The fraction of sp³-hybridized carbons (Fsp3) is 0.419. The highest BCUT2D eigenvalue weighted by atomic mass is 19.4. The van der Waals surface area contributed by atoms with Crippen LogP contribution in [0.5, 0.6) is 5.88 Å². The topological polar surface area (TPSA) is 102 Å². The molecule has 1 aliphatic heterocycles. The summed E-state index contributed by atoms with van der Waals surface area (Å²) in [5.74, 6) is 0.668. The highest BCUT2D eigenvalue weighted by molar-refractivity contribution is 6.03. The van der Waals surface area contributed by atoms with Gasteiger partial charge < -0.3 is 19.1 Å². The number of methoxy groups -OCH3 is 1. The van der Waals surface area contributed by atoms with Gasteiger partial charge in [0.05, 0.1) is 31.1 Å². The molecular formula is C31H28F4N8O2. The standard InChI is InChI=1S/C31H28F4N8O2/c1-45-30-25(26(17-3-4-17)37-15-38-30)27-36-11-22-29(40-27)41(14-24(44)43(22)19-7-8-19)12-16-2-9-20(21(32)10-16)28-39-23(31(33,34)35)13-42(28)18-5-6-18/h2,9-11,13,15,17-19H,3-8,12,14H2,1H3. The molecule has 8 rings (SSSR count). The van der Waals surface area contributed by atoms with Crippen LogP contribution >= 0.6 is 0 Å². The molecule has 3 aliphatic carbocycles. The Balaban J connectivity index is 1.16. The number of rotatable bonds is 8. The zero-order valence-corrected chi connectivity index (χ0v) is 24.3. The van der Waals surface area contributed by atoms with Gasteiger partial charge in [0.2, 0.25) is 11.8 Å². The van der Waals surface area contributed by atoms with Crippen LogP contribution in [0.1, 0.15) is 67.4 Å². The molecule has 1 amide bonds. The third kappa shape index (κ3) is 5.05. The number of anilines is 2. The van der Waals surface area contributed by atoms with E-state index in [4.69, 9.17) is 9.72 Å². The molecule has 0 radical (unpaired) electrons. The Morgan fingerprint density at radius 1 is 1.00 bits per heavy atom. The first-order valence-corrected chi connectivity index (χ1v) is 15.0. The van der Waals surface area contributed by atoms with Gasteiger partial charge in [-0.2, -0.15) is 13.2 Å².